The van der Waals surface area contributed by atoms with Gasteiger partial charge in [-0.1, -0.05) is 19.8 Å². The summed E-state index contributed by atoms with van der Waals surface area (Å²) in [4.78, 5) is 0. The highest BCUT2D eigenvalue weighted by atomic mass is 35.5. The molecule has 1 heterocycles. The Bertz CT molecular complexity index is 442. The summed E-state index contributed by atoms with van der Waals surface area (Å²) in [5, 5.41) is 1.79. The molecule has 0 bridgehead atoms. The van der Waals surface area contributed by atoms with E-state index in [9.17, 15) is 8.42 Å². The summed E-state index contributed by atoms with van der Waals surface area (Å²) in [5.41, 5.74) is 0.859. The van der Waals surface area contributed by atoms with Crippen molar-refractivity contribution in [3.05, 3.63) is 17.0 Å². The predicted molar refractivity (Wildman–Crippen MR) is 73.2 cm³/mol. The summed E-state index contributed by atoms with van der Waals surface area (Å²) in [5.74, 6) is 0.353. The lowest BCUT2D eigenvalue weighted by molar-refractivity contribution is 0.455. The minimum absolute atomic E-state index is 0.353. The van der Waals surface area contributed by atoms with Crippen molar-refractivity contribution in [3.8, 4) is 0 Å². The van der Waals surface area contributed by atoms with Crippen molar-refractivity contribution in [3.63, 3.8) is 0 Å². The average Bonchev–Trinajstić information content (AvgIpc) is 2.78. The molecule has 3 nitrogen and oxygen atoms in total. The third-order valence-corrected chi connectivity index (χ3v) is 6.15. The van der Waals surface area contributed by atoms with Gasteiger partial charge in [0.25, 0.3) is 10.0 Å². The lowest BCUT2D eigenvalue weighted by Gasteiger charge is -2.15. The van der Waals surface area contributed by atoms with Gasteiger partial charge in [-0.2, -0.15) is 0 Å². The van der Waals surface area contributed by atoms with E-state index in [0.717, 1.165) is 24.8 Å². The van der Waals surface area contributed by atoms with Crippen LogP contribution in [0.5, 0.6) is 0 Å². The molecule has 6 heteroatoms. The number of sulfonamides is 1. The maximum atomic E-state index is 12.1. The zero-order chi connectivity index (χ0) is 12.9. The van der Waals surface area contributed by atoms with Crippen molar-refractivity contribution in [1.29, 1.82) is 0 Å². The van der Waals surface area contributed by atoms with Crippen LogP contribution in [0.15, 0.2) is 15.7 Å². The summed E-state index contributed by atoms with van der Waals surface area (Å²) in [6, 6.07) is 1.66. The van der Waals surface area contributed by atoms with Gasteiger partial charge in [-0.15, -0.1) is 22.9 Å². The first-order chi connectivity index (χ1) is 8.02. The molecule has 17 heavy (non-hydrogen) atoms. The lowest BCUT2D eigenvalue weighted by Crippen LogP contribution is -2.27. The highest BCUT2D eigenvalue weighted by Crippen LogP contribution is 2.24. The van der Waals surface area contributed by atoms with Crippen LogP contribution in [0.2, 0.25) is 0 Å². The Balaban J connectivity index is 2.73. The number of halogens is 1. The SMILES string of the molecule is CCCCCN(C)S(=O)(=O)c1cc(CCl)cs1. The van der Waals surface area contributed by atoms with Crippen molar-refractivity contribution in [2.24, 2.45) is 0 Å². The molecule has 0 N–H and O–H groups in total. The Morgan fingerprint density at radius 1 is 1.41 bits per heavy atom. The van der Waals surface area contributed by atoms with Crippen molar-refractivity contribution in [2.75, 3.05) is 13.6 Å². The van der Waals surface area contributed by atoms with Crippen LogP contribution < -0.4 is 0 Å². The van der Waals surface area contributed by atoms with Gasteiger partial charge in [-0.05, 0) is 23.4 Å². The molecule has 0 saturated carbocycles. The van der Waals surface area contributed by atoms with Crippen molar-refractivity contribution >= 4 is 33.0 Å². The second-order valence-corrected chi connectivity index (χ2v) is 7.39. The molecule has 0 aliphatic rings. The molecule has 0 atom stereocenters. The van der Waals surface area contributed by atoms with Crippen LogP contribution in [0.1, 0.15) is 31.7 Å². The van der Waals surface area contributed by atoms with Gasteiger partial charge in [0.2, 0.25) is 0 Å². The zero-order valence-corrected chi connectivity index (χ0v) is 12.5. The summed E-state index contributed by atoms with van der Waals surface area (Å²) < 4.78 is 26.1. The molecule has 0 aromatic carbocycles. The fourth-order valence-corrected chi connectivity index (χ4v) is 4.29. The number of nitrogens with zero attached hydrogens (tertiary/aromatic N) is 1. The van der Waals surface area contributed by atoms with Crippen LogP contribution in [0.4, 0.5) is 0 Å². The molecular weight excluding hydrogens is 278 g/mol. The van der Waals surface area contributed by atoms with Gasteiger partial charge in [-0.25, -0.2) is 12.7 Å². The minimum Gasteiger partial charge on any atom is -0.206 e. The molecule has 0 spiro atoms. The molecule has 0 amide bonds. The Kier molecular flexibility index (Phi) is 5.92. The van der Waals surface area contributed by atoms with Crippen molar-refractivity contribution < 1.29 is 8.42 Å². The van der Waals surface area contributed by atoms with E-state index in [1.54, 1.807) is 18.5 Å². The zero-order valence-electron chi connectivity index (χ0n) is 10.1. The Morgan fingerprint density at radius 2 is 2.12 bits per heavy atom. The maximum Gasteiger partial charge on any atom is 0.252 e. The second kappa shape index (κ2) is 6.73. The predicted octanol–water partition coefficient (Wildman–Crippen LogP) is 3.30. The standard InChI is InChI=1S/C11H18ClNO2S2/c1-3-4-5-6-13(2)17(14,15)11-7-10(8-12)9-16-11/h7,9H,3-6,8H2,1-2H3. The quantitative estimate of drug-likeness (QED) is 0.572. The van der Waals surface area contributed by atoms with E-state index < -0.39 is 10.0 Å². The maximum absolute atomic E-state index is 12.1. The number of thiophene rings is 1. The van der Waals surface area contributed by atoms with Gasteiger partial charge in [0, 0.05) is 19.5 Å². The molecule has 1 rings (SSSR count). The topological polar surface area (TPSA) is 37.4 Å². The molecule has 1 aromatic rings. The number of unbranched alkanes of at least 4 members (excludes halogenated alkanes) is 2. The van der Waals surface area contributed by atoms with Crippen LogP contribution in [-0.2, 0) is 15.9 Å². The number of hydrogen-bond donors (Lipinski definition) is 0. The monoisotopic (exact) mass is 295 g/mol. The molecule has 0 aliphatic carbocycles. The minimum atomic E-state index is -3.32. The summed E-state index contributed by atoms with van der Waals surface area (Å²) >= 11 is 6.91. The van der Waals surface area contributed by atoms with Gasteiger partial charge in [0.05, 0.1) is 0 Å². The Hall–Kier alpha value is -0.100. The normalized spacial score (nSPS) is 12.2. The van der Waals surface area contributed by atoms with Crippen LogP contribution in [-0.4, -0.2) is 26.3 Å². The molecule has 0 unspecified atom stereocenters. The number of hydrogen-bond acceptors (Lipinski definition) is 3. The number of alkyl halides is 1. The van der Waals surface area contributed by atoms with E-state index in [-0.39, 0.29) is 0 Å². The summed E-state index contributed by atoms with van der Waals surface area (Å²) in [7, 11) is -1.69. The largest absolute Gasteiger partial charge is 0.252 e. The van der Waals surface area contributed by atoms with E-state index in [2.05, 4.69) is 6.92 Å². The van der Waals surface area contributed by atoms with Gasteiger partial charge >= 0.3 is 0 Å². The molecule has 0 saturated heterocycles. The van der Waals surface area contributed by atoms with E-state index in [4.69, 9.17) is 11.6 Å². The summed E-state index contributed by atoms with van der Waals surface area (Å²) in [6.45, 7) is 2.67. The average molecular weight is 296 g/mol. The third-order valence-electron chi connectivity index (χ3n) is 2.53. The Morgan fingerprint density at radius 3 is 2.65 bits per heavy atom. The van der Waals surface area contributed by atoms with Crippen molar-refractivity contribution in [1.82, 2.24) is 4.31 Å². The van der Waals surface area contributed by atoms with Gasteiger partial charge < -0.3 is 0 Å². The molecule has 1 aromatic heterocycles. The highest BCUT2D eigenvalue weighted by molar-refractivity contribution is 7.91. The molecule has 98 valence electrons. The molecular formula is C11H18ClNO2S2. The molecule has 0 radical (unpaired) electrons. The second-order valence-electron chi connectivity index (χ2n) is 3.94. The van der Waals surface area contributed by atoms with Gasteiger partial charge in [-0.3, -0.25) is 0 Å². The van der Waals surface area contributed by atoms with E-state index in [1.165, 1.54) is 15.6 Å². The van der Waals surface area contributed by atoms with Crippen LogP contribution >= 0.6 is 22.9 Å². The van der Waals surface area contributed by atoms with Crippen molar-refractivity contribution in [2.45, 2.75) is 36.3 Å². The first-order valence-electron chi connectivity index (χ1n) is 5.62. The van der Waals surface area contributed by atoms with E-state index in [0.29, 0.717) is 16.6 Å². The smallest absolute Gasteiger partial charge is 0.206 e. The van der Waals surface area contributed by atoms with Crippen LogP contribution in [0.3, 0.4) is 0 Å². The van der Waals surface area contributed by atoms with E-state index in [1.807, 2.05) is 0 Å². The number of rotatable bonds is 7. The fourth-order valence-electron chi connectivity index (χ4n) is 1.42. The van der Waals surface area contributed by atoms with E-state index >= 15 is 0 Å². The van der Waals surface area contributed by atoms with Crippen LogP contribution in [0.25, 0.3) is 0 Å². The first kappa shape index (κ1) is 15.0. The lowest BCUT2D eigenvalue weighted by atomic mass is 10.2. The molecule has 0 aliphatic heterocycles. The highest BCUT2D eigenvalue weighted by Gasteiger charge is 2.22. The Labute approximate surface area is 112 Å². The fraction of sp³-hybridized carbons (Fsp3) is 0.636. The first-order valence-corrected chi connectivity index (χ1v) is 8.47. The van der Waals surface area contributed by atoms with Crippen LogP contribution in [0, 0.1) is 0 Å². The summed E-state index contributed by atoms with van der Waals surface area (Å²) in [6.07, 6.45) is 3.04. The van der Waals surface area contributed by atoms with Gasteiger partial charge in [0.1, 0.15) is 4.21 Å². The molecule has 0 fully saturated rings. The van der Waals surface area contributed by atoms with Gasteiger partial charge in [0.15, 0.2) is 0 Å². The third kappa shape index (κ3) is 3.95.